The molecule has 0 atom stereocenters. The predicted molar refractivity (Wildman–Crippen MR) is 84.6 cm³/mol. The van der Waals surface area contributed by atoms with Crippen molar-refractivity contribution in [1.29, 1.82) is 0 Å². The fraction of sp³-hybridized carbons (Fsp3) is 0.533. The van der Waals surface area contributed by atoms with Crippen molar-refractivity contribution in [3.05, 3.63) is 29.3 Å². The second-order valence-electron chi connectivity index (χ2n) is 5.50. The largest absolute Gasteiger partial charge is 0.493 e. The standard InChI is InChI=1S/C15H24N2O2.ClH/c1-11-5-6-13(12(2)9-11)19-8-7-14(18)17-15(3,4)10-16;/h5-6,9H,7-8,10,16H2,1-4H3,(H,17,18);1H. The number of halogens is 1. The average Bonchev–Trinajstić information content (AvgIpc) is 2.31. The van der Waals surface area contributed by atoms with Gasteiger partial charge < -0.3 is 15.8 Å². The van der Waals surface area contributed by atoms with Crippen LogP contribution in [0.1, 0.15) is 31.4 Å². The Balaban J connectivity index is 0.00000361. The van der Waals surface area contributed by atoms with Gasteiger partial charge in [-0.2, -0.15) is 0 Å². The molecule has 0 aliphatic heterocycles. The van der Waals surface area contributed by atoms with E-state index in [1.54, 1.807) is 0 Å². The fourth-order valence-corrected chi connectivity index (χ4v) is 1.71. The van der Waals surface area contributed by atoms with Crippen LogP contribution in [0.25, 0.3) is 0 Å². The molecule has 3 N–H and O–H groups in total. The number of hydrogen-bond donors (Lipinski definition) is 2. The van der Waals surface area contributed by atoms with Crippen LogP contribution < -0.4 is 15.8 Å². The number of aryl methyl sites for hydroxylation is 2. The summed E-state index contributed by atoms with van der Waals surface area (Å²) in [6.45, 7) is 8.62. The molecule has 114 valence electrons. The third kappa shape index (κ3) is 6.26. The normalized spacial score (nSPS) is 10.7. The smallest absolute Gasteiger partial charge is 0.223 e. The summed E-state index contributed by atoms with van der Waals surface area (Å²) in [6, 6.07) is 6.00. The number of carbonyl (C=O) groups excluding carboxylic acids is 1. The summed E-state index contributed by atoms with van der Waals surface area (Å²) in [7, 11) is 0. The fourth-order valence-electron chi connectivity index (χ4n) is 1.71. The van der Waals surface area contributed by atoms with E-state index in [2.05, 4.69) is 11.4 Å². The van der Waals surface area contributed by atoms with E-state index in [-0.39, 0.29) is 23.9 Å². The van der Waals surface area contributed by atoms with E-state index in [1.807, 2.05) is 39.8 Å². The first-order valence-electron chi connectivity index (χ1n) is 6.55. The highest BCUT2D eigenvalue weighted by Gasteiger charge is 2.17. The molecule has 1 aromatic rings. The van der Waals surface area contributed by atoms with Crippen LogP contribution in [-0.2, 0) is 4.79 Å². The van der Waals surface area contributed by atoms with Crippen molar-refractivity contribution >= 4 is 18.3 Å². The molecule has 5 heteroatoms. The molecular weight excluding hydrogens is 276 g/mol. The van der Waals surface area contributed by atoms with E-state index in [0.29, 0.717) is 19.6 Å². The lowest BCUT2D eigenvalue weighted by atomic mass is 10.1. The lowest BCUT2D eigenvalue weighted by Gasteiger charge is -2.24. The van der Waals surface area contributed by atoms with Gasteiger partial charge in [-0.25, -0.2) is 0 Å². The molecule has 0 saturated heterocycles. The van der Waals surface area contributed by atoms with E-state index >= 15 is 0 Å². The summed E-state index contributed by atoms with van der Waals surface area (Å²) in [6.07, 6.45) is 0.330. The molecule has 0 unspecified atom stereocenters. The molecule has 0 aliphatic rings. The zero-order valence-electron chi connectivity index (χ0n) is 12.7. The Labute approximate surface area is 127 Å². The third-order valence-electron chi connectivity index (χ3n) is 2.91. The molecule has 0 radical (unpaired) electrons. The second-order valence-corrected chi connectivity index (χ2v) is 5.50. The van der Waals surface area contributed by atoms with Crippen LogP contribution in [0.2, 0.25) is 0 Å². The highest BCUT2D eigenvalue weighted by Crippen LogP contribution is 2.18. The van der Waals surface area contributed by atoms with Gasteiger partial charge in [0.25, 0.3) is 0 Å². The SMILES string of the molecule is Cc1ccc(OCCC(=O)NC(C)(C)CN)c(C)c1.Cl. The van der Waals surface area contributed by atoms with Gasteiger partial charge >= 0.3 is 0 Å². The van der Waals surface area contributed by atoms with Crippen LogP contribution in [0.4, 0.5) is 0 Å². The number of carbonyl (C=O) groups is 1. The second kappa shape index (κ2) is 8.12. The molecule has 0 bridgehead atoms. The molecule has 0 spiro atoms. The van der Waals surface area contributed by atoms with Gasteiger partial charge in [0.2, 0.25) is 5.91 Å². The van der Waals surface area contributed by atoms with Crippen molar-refractivity contribution in [2.45, 2.75) is 39.7 Å². The van der Waals surface area contributed by atoms with Crippen molar-refractivity contribution in [2.24, 2.45) is 5.73 Å². The molecule has 20 heavy (non-hydrogen) atoms. The Morgan fingerprint density at radius 2 is 2.00 bits per heavy atom. The zero-order valence-corrected chi connectivity index (χ0v) is 13.5. The Hall–Kier alpha value is -1.26. The van der Waals surface area contributed by atoms with Crippen LogP contribution in [0.5, 0.6) is 5.75 Å². The maximum Gasteiger partial charge on any atom is 0.223 e. The van der Waals surface area contributed by atoms with Gasteiger partial charge in [0.05, 0.1) is 13.0 Å². The summed E-state index contributed by atoms with van der Waals surface area (Å²) < 4.78 is 5.62. The highest BCUT2D eigenvalue weighted by molar-refractivity contribution is 5.85. The van der Waals surface area contributed by atoms with Crippen LogP contribution in [0.15, 0.2) is 18.2 Å². The number of nitrogens with one attached hydrogen (secondary N) is 1. The molecule has 0 aliphatic carbocycles. The van der Waals surface area contributed by atoms with Crippen molar-refractivity contribution in [1.82, 2.24) is 5.32 Å². The maximum atomic E-state index is 11.7. The van der Waals surface area contributed by atoms with E-state index < -0.39 is 0 Å². The molecule has 1 rings (SSSR count). The molecule has 4 nitrogen and oxygen atoms in total. The summed E-state index contributed by atoms with van der Waals surface area (Å²) >= 11 is 0. The average molecular weight is 301 g/mol. The van der Waals surface area contributed by atoms with Crippen LogP contribution >= 0.6 is 12.4 Å². The minimum absolute atomic E-state index is 0. The quantitative estimate of drug-likeness (QED) is 0.847. The molecule has 0 saturated carbocycles. The first kappa shape index (κ1) is 18.7. The minimum atomic E-state index is -0.364. The van der Waals surface area contributed by atoms with Crippen LogP contribution in [0, 0.1) is 13.8 Å². The predicted octanol–water partition coefficient (Wildman–Crippen LogP) is 2.35. The van der Waals surface area contributed by atoms with Gasteiger partial charge in [-0.05, 0) is 39.3 Å². The monoisotopic (exact) mass is 300 g/mol. The number of nitrogens with two attached hydrogens (primary N) is 1. The topological polar surface area (TPSA) is 64.3 Å². The first-order chi connectivity index (χ1) is 8.84. The van der Waals surface area contributed by atoms with E-state index in [9.17, 15) is 4.79 Å². The zero-order chi connectivity index (χ0) is 14.5. The first-order valence-corrected chi connectivity index (χ1v) is 6.55. The Morgan fingerprint density at radius 1 is 1.35 bits per heavy atom. The molecule has 1 aromatic carbocycles. The Bertz CT molecular complexity index is 447. The van der Waals surface area contributed by atoms with Gasteiger partial charge in [-0.15, -0.1) is 12.4 Å². The lowest BCUT2D eigenvalue weighted by molar-refractivity contribution is -0.123. The number of benzene rings is 1. The van der Waals surface area contributed by atoms with Gasteiger partial charge in [-0.1, -0.05) is 17.7 Å². The lowest BCUT2D eigenvalue weighted by Crippen LogP contribution is -2.49. The van der Waals surface area contributed by atoms with Gasteiger partial charge in [0.1, 0.15) is 5.75 Å². The summed E-state index contributed by atoms with van der Waals surface area (Å²) in [4.78, 5) is 11.7. The van der Waals surface area contributed by atoms with Crippen LogP contribution in [-0.4, -0.2) is 24.6 Å². The number of amides is 1. The summed E-state index contributed by atoms with van der Waals surface area (Å²) in [5.41, 5.74) is 7.49. The molecule has 1 amide bonds. The number of hydrogen-bond acceptors (Lipinski definition) is 3. The molecule has 0 fully saturated rings. The van der Waals surface area contributed by atoms with Crippen molar-refractivity contribution in [3.63, 3.8) is 0 Å². The van der Waals surface area contributed by atoms with E-state index in [4.69, 9.17) is 10.5 Å². The van der Waals surface area contributed by atoms with Crippen molar-refractivity contribution < 1.29 is 9.53 Å². The van der Waals surface area contributed by atoms with Gasteiger partial charge in [-0.3, -0.25) is 4.79 Å². The van der Waals surface area contributed by atoms with Gasteiger partial charge in [0.15, 0.2) is 0 Å². The minimum Gasteiger partial charge on any atom is -0.493 e. The third-order valence-corrected chi connectivity index (χ3v) is 2.91. The highest BCUT2D eigenvalue weighted by atomic mass is 35.5. The summed E-state index contributed by atoms with van der Waals surface area (Å²) in [5.74, 6) is 0.789. The van der Waals surface area contributed by atoms with Gasteiger partial charge in [0, 0.05) is 12.1 Å². The number of ether oxygens (including phenoxy) is 1. The number of rotatable bonds is 6. The van der Waals surface area contributed by atoms with Crippen molar-refractivity contribution in [2.75, 3.05) is 13.2 Å². The summed E-state index contributed by atoms with van der Waals surface area (Å²) in [5, 5.41) is 2.87. The maximum absolute atomic E-state index is 11.7. The molecular formula is C15H25ClN2O2. The molecule has 0 heterocycles. The van der Waals surface area contributed by atoms with E-state index in [1.165, 1.54) is 5.56 Å². The van der Waals surface area contributed by atoms with Crippen LogP contribution in [0.3, 0.4) is 0 Å². The molecule has 0 aromatic heterocycles. The van der Waals surface area contributed by atoms with Crippen molar-refractivity contribution in [3.8, 4) is 5.75 Å². The Morgan fingerprint density at radius 3 is 2.55 bits per heavy atom. The van der Waals surface area contributed by atoms with E-state index in [0.717, 1.165) is 11.3 Å². The Kier molecular flexibility index (Phi) is 7.61.